The molecule has 1 aliphatic rings. The van der Waals surface area contributed by atoms with E-state index in [1.54, 1.807) is 0 Å². The molecule has 0 bridgehead atoms. The standard InChI is InChI=1S/C17H17NO/c1-17(12-18-16-10-6-5-9-14(16)17)15(11-19)13-7-3-2-4-8-13/h2-10,12,15,19H,11H2,1H3. The summed E-state index contributed by atoms with van der Waals surface area (Å²) in [6, 6.07) is 18.3. The molecule has 1 N–H and O–H groups in total. The summed E-state index contributed by atoms with van der Waals surface area (Å²) < 4.78 is 0. The molecule has 0 spiro atoms. The number of aliphatic hydroxyl groups excluding tert-OH is 1. The first kappa shape index (κ1) is 12.1. The summed E-state index contributed by atoms with van der Waals surface area (Å²) in [7, 11) is 0. The van der Waals surface area contributed by atoms with Gasteiger partial charge in [0.2, 0.25) is 0 Å². The number of hydrogen-bond acceptors (Lipinski definition) is 2. The van der Waals surface area contributed by atoms with Crippen LogP contribution in [0.3, 0.4) is 0 Å². The molecule has 2 aromatic carbocycles. The van der Waals surface area contributed by atoms with Crippen LogP contribution in [0.5, 0.6) is 0 Å². The summed E-state index contributed by atoms with van der Waals surface area (Å²) in [5, 5.41) is 9.87. The van der Waals surface area contributed by atoms with Crippen molar-refractivity contribution in [1.29, 1.82) is 0 Å². The molecule has 2 heteroatoms. The largest absolute Gasteiger partial charge is 0.396 e. The monoisotopic (exact) mass is 251 g/mol. The van der Waals surface area contributed by atoms with Crippen LogP contribution in [0.2, 0.25) is 0 Å². The van der Waals surface area contributed by atoms with Crippen LogP contribution in [0.25, 0.3) is 0 Å². The van der Waals surface area contributed by atoms with E-state index in [1.807, 2.05) is 42.6 Å². The van der Waals surface area contributed by atoms with Crippen molar-refractivity contribution >= 4 is 11.9 Å². The van der Waals surface area contributed by atoms with Gasteiger partial charge in [0.25, 0.3) is 0 Å². The molecule has 0 radical (unpaired) electrons. The maximum absolute atomic E-state index is 9.87. The van der Waals surface area contributed by atoms with Crippen molar-refractivity contribution in [3.05, 3.63) is 65.7 Å². The van der Waals surface area contributed by atoms with E-state index in [0.29, 0.717) is 0 Å². The maximum Gasteiger partial charge on any atom is 0.0667 e. The van der Waals surface area contributed by atoms with Gasteiger partial charge in [0.05, 0.1) is 12.3 Å². The fourth-order valence-corrected chi connectivity index (χ4v) is 2.92. The van der Waals surface area contributed by atoms with E-state index in [0.717, 1.165) is 11.3 Å². The summed E-state index contributed by atoms with van der Waals surface area (Å²) in [5.74, 6) is 0.0288. The second-order valence-electron chi connectivity index (χ2n) is 5.20. The van der Waals surface area contributed by atoms with Gasteiger partial charge >= 0.3 is 0 Å². The van der Waals surface area contributed by atoms with Gasteiger partial charge in [-0.3, -0.25) is 4.99 Å². The molecule has 96 valence electrons. The van der Waals surface area contributed by atoms with Crippen LogP contribution in [-0.4, -0.2) is 17.9 Å². The van der Waals surface area contributed by atoms with Gasteiger partial charge < -0.3 is 5.11 Å². The first-order valence-electron chi connectivity index (χ1n) is 6.56. The number of para-hydroxylation sites is 1. The number of fused-ring (bicyclic) bond motifs is 1. The molecule has 19 heavy (non-hydrogen) atoms. The van der Waals surface area contributed by atoms with Crippen LogP contribution in [-0.2, 0) is 5.41 Å². The minimum absolute atomic E-state index is 0.0288. The van der Waals surface area contributed by atoms with E-state index in [1.165, 1.54) is 5.56 Å². The average Bonchev–Trinajstić information content (AvgIpc) is 2.80. The summed E-state index contributed by atoms with van der Waals surface area (Å²) in [6.45, 7) is 2.26. The van der Waals surface area contributed by atoms with Crippen LogP contribution in [0.4, 0.5) is 5.69 Å². The summed E-state index contributed by atoms with van der Waals surface area (Å²) in [4.78, 5) is 4.51. The van der Waals surface area contributed by atoms with Crippen molar-refractivity contribution in [2.24, 2.45) is 4.99 Å². The van der Waals surface area contributed by atoms with Crippen LogP contribution < -0.4 is 0 Å². The van der Waals surface area contributed by atoms with Crippen LogP contribution in [0.15, 0.2) is 59.6 Å². The average molecular weight is 251 g/mol. The topological polar surface area (TPSA) is 32.6 Å². The lowest BCUT2D eigenvalue weighted by atomic mass is 9.71. The predicted molar refractivity (Wildman–Crippen MR) is 78.2 cm³/mol. The zero-order chi connectivity index (χ0) is 13.3. The molecule has 0 amide bonds. The highest BCUT2D eigenvalue weighted by Gasteiger charge is 2.39. The molecule has 2 aromatic rings. The van der Waals surface area contributed by atoms with E-state index >= 15 is 0 Å². The molecular weight excluding hydrogens is 234 g/mol. The lowest BCUT2D eigenvalue weighted by molar-refractivity contribution is 0.239. The maximum atomic E-state index is 9.87. The van der Waals surface area contributed by atoms with Crippen LogP contribution in [0.1, 0.15) is 24.0 Å². The van der Waals surface area contributed by atoms with E-state index in [2.05, 4.69) is 30.1 Å². The third-order valence-electron chi connectivity index (χ3n) is 4.06. The van der Waals surface area contributed by atoms with E-state index in [9.17, 15) is 5.11 Å². The Hall–Kier alpha value is -1.93. The molecule has 0 fully saturated rings. The summed E-state index contributed by atoms with van der Waals surface area (Å²) in [6.07, 6.45) is 1.98. The lowest BCUT2D eigenvalue weighted by Gasteiger charge is -2.32. The van der Waals surface area contributed by atoms with Crippen molar-refractivity contribution in [3.63, 3.8) is 0 Å². The third-order valence-corrected chi connectivity index (χ3v) is 4.06. The number of aliphatic hydroxyl groups is 1. The Kier molecular flexibility index (Phi) is 2.96. The minimum atomic E-state index is -0.243. The second-order valence-corrected chi connectivity index (χ2v) is 5.20. The lowest BCUT2D eigenvalue weighted by Crippen LogP contribution is -2.32. The third kappa shape index (κ3) is 1.89. The number of rotatable bonds is 3. The highest BCUT2D eigenvalue weighted by Crippen LogP contribution is 2.45. The molecule has 0 aromatic heterocycles. The van der Waals surface area contributed by atoms with E-state index in [-0.39, 0.29) is 17.9 Å². The highest BCUT2D eigenvalue weighted by atomic mass is 16.3. The molecule has 0 aliphatic carbocycles. The fourth-order valence-electron chi connectivity index (χ4n) is 2.92. The van der Waals surface area contributed by atoms with Crippen molar-refractivity contribution in [2.75, 3.05) is 6.61 Å². The zero-order valence-corrected chi connectivity index (χ0v) is 11.0. The van der Waals surface area contributed by atoms with E-state index < -0.39 is 0 Å². The smallest absolute Gasteiger partial charge is 0.0667 e. The normalized spacial score (nSPS) is 22.2. The molecule has 0 saturated heterocycles. The molecule has 2 nitrogen and oxygen atoms in total. The molecule has 0 saturated carbocycles. The number of aliphatic imine (C=N–C) groups is 1. The molecule has 2 unspecified atom stereocenters. The summed E-state index contributed by atoms with van der Waals surface area (Å²) >= 11 is 0. The first-order chi connectivity index (χ1) is 9.25. The minimum Gasteiger partial charge on any atom is -0.396 e. The SMILES string of the molecule is CC1(C(CO)c2ccccc2)C=Nc2ccccc21. The Morgan fingerprint density at radius 3 is 2.47 bits per heavy atom. The highest BCUT2D eigenvalue weighted by molar-refractivity contribution is 5.86. The Morgan fingerprint density at radius 1 is 1.05 bits per heavy atom. The van der Waals surface area contributed by atoms with Crippen molar-refractivity contribution in [2.45, 2.75) is 18.3 Å². The quantitative estimate of drug-likeness (QED) is 0.890. The van der Waals surface area contributed by atoms with Gasteiger partial charge in [0.1, 0.15) is 0 Å². The molecular formula is C17H17NO. The van der Waals surface area contributed by atoms with Crippen LogP contribution in [0, 0.1) is 0 Å². The van der Waals surface area contributed by atoms with Gasteiger partial charge in [-0.1, -0.05) is 48.5 Å². The van der Waals surface area contributed by atoms with Crippen molar-refractivity contribution < 1.29 is 5.11 Å². The first-order valence-corrected chi connectivity index (χ1v) is 6.56. The van der Waals surface area contributed by atoms with Gasteiger partial charge in [-0.15, -0.1) is 0 Å². The Balaban J connectivity index is 2.08. The Labute approximate surface area is 113 Å². The zero-order valence-electron chi connectivity index (χ0n) is 11.0. The Morgan fingerprint density at radius 2 is 1.74 bits per heavy atom. The fraction of sp³-hybridized carbons (Fsp3) is 0.235. The molecule has 1 aliphatic heterocycles. The second kappa shape index (κ2) is 4.63. The predicted octanol–water partition coefficient (Wildman–Crippen LogP) is 3.44. The number of hydrogen-bond donors (Lipinski definition) is 1. The van der Waals surface area contributed by atoms with Crippen molar-refractivity contribution in [3.8, 4) is 0 Å². The molecule has 3 rings (SSSR count). The number of nitrogens with zero attached hydrogens (tertiary/aromatic N) is 1. The molecule has 1 heterocycles. The molecule has 2 atom stereocenters. The van der Waals surface area contributed by atoms with E-state index in [4.69, 9.17) is 0 Å². The van der Waals surface area contributed by atoms with Gasteiger partial charge in [0.15, 0.2) is 0 Å². The van der Waals surface area contributed by atoms with Gasteiger partial charge in [-0.25, -0.2) is 0 Å². The Bertz CT molecular complexity index is 606. The van der Waals surface area contributed by atoms with Crippen molar-refractivity contribution in [1.82, 2.24) is 0 Å². The van der Waals surface area contributed by atoms with Gasteiger partial charge in [-0.2, -0.15) is 0 Å². The van der Waals surface area contributed by atoms with Gasteiger partial charge in [-0.05, 0) is 24.1 Å². The number of benzene rings is 2. The summed E-state index contributed by atoms with van der Waals surface area (Å²) in [5.41, 5.74) is 3.11. The van der Waals surface area contributed by atoms with Gasteiger partial charge in [0, 0.05) is 17.5 Å². The van der Waals surface area contributed by atoms with Crippen LogP contribution >= 0.6 is 0 Å².